The summed E-state index contributed by atoms with van der Waals surface area (Å²) in [6.07, 6.45) is 0.270. The summed E-state index contributed by atoms with van der Waals surface area (Å²) in [7, 11) is 0. The van der Waals surface area contributed by atoms with Gasteiger partial charge < -0.3 is 10.4 Å². The van der Waals surface area contributed by atoms with Crippen molar-refractivity contribution < 1.29 is 14.7 Å². The maximum absolute atomic E-state index is 12.1. The Morgan fingerprint density at radius 1 is 1.00 bits per heavy atom. The largest absolute Gasteiger partial charge is 0.480 e. The number of amides is 1. The standard InChI is InChI=1S/C18H19NO3/c1-12-7-6-8-13(2)15(12)11-16(18(21)22)19-17(20)14-9-4-3-5-10-14/h3-10,16H,11H2,1-2H3,(H,19,20)(H,21,22)/t16-/m1/s1. The van der Waals surface area contributed by atoms with Gasteiger partial charge in [0, 0.05) is 12.0 Å². The van der Waals surface area contributed by atoms with Gasteiger partial charge in [-0.15, -0.1) is 0 Å². The fraction of sp³-hybridized carbons (Fsp3) is 0.222. The average Bonchev–Trinajstić information content (AvgIpc) is 2.50. The molecule has 0 spiro atoms. The Morgan fingerprint density at radius 3 is 2.14 bits per heavy atom. The van der Waals surface area contributed by atoms with Crippen molar-refractivity contribution in [1.82, 2.24) is 5.32 Å². The first-order chi connectivity index (χ1) is 10.5. The highest BCUT2D eigenvalue weighted by molar-refractivity contribution is 5.96. The zero-order valence-corrected chi connectivity index (χ0v) is 12.7. The van der Waals surface area contributed by atoms with Crippen LogP contribution < -0.4 is 5.32 Å². The van der Waals surface area contributed by atoms with Crippen molar-refractivity contribution in [3.63, 3.8) is 0 Å². The summed E-state index contributed by atoms with van der Waals surface area (Å²) in [5.74, 6) is -1.41. The maximum Gasteiger partial charge on any atom is 0.326 e. The van der Waals surface area contributed by atoms with Gasteiger partial charge in [0.2, 0.25) is 0 Å². The molecule has 0 aliphatic rings. The predicted octanol–water partition coefficient (Wildman–Crippen LogP) is 2.73. The third-order valence-corrected chi connectivity index (χ3v) is 3.69. The van der Waals surface area contributed by atoms with Crippen molar-refractivity contribution in [1.29, 1.82) is 0 Å². The van der Waals surface area contributed by atoms with Crippen molar-refractivity contribution in [2.45, 2.75) is 26.3 Å². The fourth-order valence-electron chi connectivity index (χ4n) is 2.41. The monoisotopic (exact) mass is 297 g/mol. The van der Waals surface area contributed by atoms with Crippen LogP contribution in [0.5, 0.6) is 0 Å². The SMILES string of the molecule is Cc1cccc(C)c1C[C@@H](NC(=O)c1ccccc1)C(=O)O. The Morgan fingerprint density at radius 2 is 1.59 bits per heavy atom. The van der Waals surface area contributed by atoms with E-state index in [-0.39, 0.29) is 12.3 Å². The maximum atomic E-state index is 12.1. The molecule has 4 heteroatoms. The van der Waals surface area contributed by atoms with Gasteiger partial charge in [-0.1, -0.05) is 36.4 Å². The molecular formula is C18H19NO3. The van der Waals surface area contributed by atoms with E-state index in [0.717, 1.165) is 16.7 Å². The lowest BCUT2D eigenvalue weighted by molar-refractivity contribution is -0.139. The van der Waals surface area contributed by atoms with Crippen molar-refractivity contribution in [3.05, 3.63) is 70.8 Å². The van der Waals surface area contributed by atoms with Crippen LogP contribution in [-0.2, 0) is 11.2 Å². The molecule has 22 heavy (non-hydrogen) atoms. The molecule has 1 atom stereocenters. The van der Waals surface area contributed by atoms with Crippen LogP contribution >= 0.6 is 0 Å². The van der Waals surface area contributed by atoms with Crippen LogP contribution in [0.2, 0.25) is 0 Å². The van der Waals surface area contributed by atoms with Gasteiger partial charge in [-0.25, -0.2) is 4.79 Å². The molecule has 0 saturated heterocycles. The van der Waals surface area contributed by atoms with Crippen LogP contribution in [0.25, 0.3) is 0 Å². The molecular weight excluding hydrogens is 278 g/mol. The number of carbonyl (C=O) groups excluding carboxylic acids is 1. The first-order valence-corrected chi connectivity index (χ1v) is 7.13. The van der Waals surface area contributed by atoms with E-state index in [1.165, 1.54) is 0 Å². The summed E-state index contributed by atoms with van der Waals surface area (Å²) in [6.45, 7) is 3.89. The summed E-state index contributed by atoms with van der Waals surface area (Å²) in [4.78, 5) is 23.6. The fourth-order valence-corrected chi connectivity index (χ4v) is 2.41. The number of hydrogen-bond donors (Lipinski definition) is 2. The number of carbonyl (C=O) groups is 2. The molecule has 2 rings (SSSR count). The second kappa shape index (κ2) is 6.89. The zero-order valence-electron chi connectivity index (χ0n) is 12.7. The van der Waals surface area contributed by atoms with E-state index >= 15 is 0 Å². The Labute approximate surface area is 129 Å². The second-order valence-corrected chi connectivity index (χ2v) is 5.30. The molecule has 1 amide bonds. The number of nitrogens with one attached hydrogen (secondary N) is 1. The van der Waals surface area contributed by atoms with Gasteiger partial charge in [0.15, 0.2) is 0 Å². The molecule has 0 saturated carbocycles. The third kappa shape index (κ3) is 3.73. The summed E-state index contributed by atoms with van der Waals surface area (Å²) in [6, 6.07) is 13.5. The number of benzene rings is 2. The molecule has 0 unspecified atom stereocenters. The van der Waals surface area contributed by atoms with E-state index in [1.807, 2.05) is 38.1 Å². The minimum atomic E-state index is -1.04. The van der Waals surface area contributed by atoms with Gasteiger partial charge in [-0.2, -0.15) is 0 Å². The van der Waals surface area contributed by atoms with Gasteiger partial charge in [0.1, 0.15) is 6.04 Å². The van der Waals surface area contributed by atoms with E-state index in [2.05, 4.69) is 5.32 Å². The van der Waals surface area contributed by atoms with Gasteiger partial charge >= 0.3 is 5.97 Å². The Kier molecular flexibility index (Phi) is 4.94. The average molecular weight is 297 g/mol. The smallest absolute Gasteiger partial charge is 0.326 e. The van der Waals surface area contributed by atoms with Gasteiger partial charge in [-0.3, -0.25) is 4.79 Å². The van der Waals surface area contributed by atoms with E-state index in [9.17, 15) is 14.7 Å². The van der Waals surface area contributed by atoms with Crippen LogP contribution in [-0.4, -0.2) is 23.0 Å². The summed E-state index contributed by atoms with van der Waals surface area (Å²) >= 11 is 0. The number of aryl methyl sites for hydroxylation is 2. The molecule has 2 N–H and O–H groups in total. The minimum absolute atomic E-state index is 0.270. The van der Waals surface area contributed by atoms with Crippen LogP contribution in [0.15, 0.2) is 48.5 Å². The molecule has 0 bridgehead atoms. The first kappa shape index (κ1) is 15.8. The van der Waals surface area contributed by atoms with Gasteiger partial charge in [0.25, 0.3) is 5.91 Å². The van der Waals surface area contributed by atoms with Crippen molar-refractivity contribution in [2.24, 2.45) is 0 Å². The van der Waals surface area contributed by atoms with Crippen LogP contribution in [0, 0.1) is 13.8 Å². The molecule has 0 radical (unpaired) electrons. The molecule has 114 valence electrons. The van der Waals surface area contributed by atoms with Crippen LogP contribution in [0.3, 0.4) is 0 Å². The van der Waals surface area contributed by atoms with Crippen LogP contribution in [0.4, 0.5) is 0 Å². The summed E-state index contributed by atoms with van der Waals surface area (Å²) in [5, 5.41) is 12.0. The first-order valence-electron chi connectivity index (χ1n) is 7.13. The molecule has 2 aromatic carbocycles. The topological polar surface area (TPSA) is 66.4 Å². The van der Waals surface area contributed by atoms with Crippen molar-refractivity contribution in [2.75, 3.05) is 0 Å². The molecule has 0 heterocycles. The normalized spacial score (nSPS) is 11.7. The number of carboxylic acid groups (broad SMARTS) is 1. The number of aliphatic carboxylic acids is 1. The van der Waals surface area contributed by atoms with E-state index in [0.29, 0.717) is 5.56 Å². The predicted molar refractivity (Wildman–Crippen MR) is 85.0 cm³/mol. The third-order valence-electron chi connectivity index (χ3n) is 3.69. The van der Waals surface area contributed by atoms with Gasteiger partial charge in [0.05, 0.1) is 0 Å². The zero-order chi connectivity index (χ0) is 16.1. The quantitative estimate of drug-likeness (QED) is 0.891. The summed E-state index contributed by atoms with van der Waals surface area (Å²) < 4.78 is 0. The number of hydrogen-bond acceptors (Lipinski definition) is 2. The summed E-state index contributed by atoms with van der Waals surface area (Å²) in [5.41, 5.74) is 3.47. The molecule has 0 aliphatic carbocycles. The van der Waals surface area contributed by atoms with Gasteiger partial charge in [-0.05, 0) is 42.7 Å². The lowest BCUT2D eigenvalue weighted by atomic mass is 9.96. The molecule has 0 aliphatic heterocycles. The number of rotatable bonds is 5. The second-order valence-electron chi connectivity index (χ2n) is 5.30. The Balaban J connectivity index is 2.18. The van der Waals surface area contributed by atoms with Crippen molar-refractivity contribution >= 4 is 11.9 Å². The van der Waals surface area contributed by atoms with E-state index in [1.54, 1.807) is 24.3 Å². The van der Waals surface area contributed by atoms with Crippen LogP contribution in [0.1, 0.15) is 27.0 Å². The highest BCUT2D eigenvalue weighted by Crippen LogP contribution is 2.16. The minimum Gasteiger partial charge on any atom is -0.480 e. The lowest BCUT2D eigenvalue weighted by Crippen LogP contribution is -2.42. The Bertz CT molecular complexity index is 660. The molecule has 4 nitrogen and oxygen atoms in total. The number of carboxylic acids is 1. The highest BCUT2D eigenvalue weighted by atomic mass is 16.4. The Hall–Kier alpha value is -2.62. The highest BCUT2D eigenvalue weighted by Gasteiger charge is 2.22. The molecule has 0 aromatic heterocycles. The lowest BCUT2D eigenvalue weighted by Gasteiger charge is -2.17. The van der Waals surface area contributed by atoms with E-state index in [4.69, 9.17) is 0 Å². The van der Waals surface area contributed by atoms with E-state index < -0.39 is 12.0 Å². The molecule has 0 fully saturated rings. The van der Waals surface area contributed by atoms with Crippen molar-refractivity contribution in [3.8, 4) is 0 Å². The molecule has 2 aromatic rings.